The summed E-state index contributed by atoms with van der Waals surface area (Å²) in [5.41, 5.74) is 0. The Morgan fingerprint density at radius 1 is 1.75 bits per heavy atom. The fourth-order valence-electron chi connectivity index (χ4n) is 1.28. The van der Waals surface area contributed by atoms with E-state index >= 15 is 0 Å². The predicted octanol–water partition coefficient (Wildman–Crippen LogP) is 0.432. The molecule has 0 spiro atoms. The van der Waals surface area contributed by atoms with Crippen LogP contribution in [0.2, 0.25) is 0 Å². The third-order valence-electron chi connectivity index (χ3n) is 1.82. The molecule has 0 aliphatic carbocycles. The molecule has 1 atom stereocenters. The van der Waals surface area contributed by atoms with Crippen LogP contribution in [0.5, 0.6) is 0 Å². The lowest BCUT2D eigenvalue weighted by Gasteiger charge is -2.31. The molecule has 0 radical (unpaired) electrons. The van der Waals surface area contributed by atoms with Crippen LogP contribution in [-0.2, 0) is 4.74 Å². The minimum absolute atomic E-state index is 0.0604. The van der Waals surface area contributed by atoms with Gasteiger partial charge in [-0.1, -0.05) is 18.2 Å². The molecule has 0 amide bonds. The smallest absolute Gasteiger partial charge is 0.0933 e. The lowest BCUT2D eigenvalue weighted by atomic mass is 10.3. The summed E-state index contributed by atoms with van der Waals surface area (Å²) < 4.78 is 5.27. The summed E-state index contributed by atoms with van der Waals surface area (Å²) in [5.74, 6) is 0. The Hall–Kier alpha value is -0.0900. The number of halogens is 1. The van der Waals surface area contributed by atoms with Gasteiger partial charge in [-0.15, -0.1) is 0 Å². The summed E-state index contributed by atoms with van der Waals surface area (Å²) >= 11 is 5.66. The highest BCUT2D eigenvalue weighted by Crippen LogP contribution is 2.08. The van der Waals surface area contributed by atoms with E-state index in [1.165, 1.54) is 0 Å². The fraction of sp³-hybridized carbons (Fsp3) is 0.750. The molecule has 70 valence electrons. The van der Waals surface area contributed by atoms with Gasteiger partial charge in [0, 0.05) is 24.7 Å². The van der Waals surface area contributed by atoms with E-state index in [2.05, 4.69) is 11.5 Å². The summed E-state index contributed by atoms with van der Waals surface area (Å²) in [6, 6.07) is 0. The van der Waals surface area contributed by atoms with Crippen LogP contribution in [0.15, 0.2) is 11.6 Å². The molecule has 0 bridgehead atoms. The average Bonchev–Trinajstić information content (AvgIpc) is 2.03. The summed E-state index contributed by atoms with van der Waals surface area (Å²) in [4.78, 5) is 2.12. The number of hydrogen-bond donors (Lipinski definition) is 1. The van der Waals surface area contributed by atoms with E-state index < -0.39 is 0 Å². The van der Waals surface area contributed by atoms with Crippen molar-refractivity contribution >= 4 is 11.6 Å². The largest absolute Gasteiger partial charge is 0.394 e. The zero-order valence-electron chi connectivity index (χ0n) is 7.00. The van der Waals surface area contributed by atoms with Crippen LogP contribution in [0.1, 0.15) is 0 Å². The highest BCUT2D eigenvalue weighted by Gasteiger charge is 2.19. The Morgan fingerprint density at radius 2 is 2.50 bits per heavy atom. The zero-order valence-corrected chi connectivity index (χ0v) is 7.76. The molecule has 1 unspecified atom stereocenters. The van der Waals surface area contributed by atoms with Gasteiger partial charge in [0.25, 0.3) is 0 Å². The number of aliphatic hydroxyl groups is 1. The van der Waals surface area contributed by atoms with Gasteiger partial charge >= 0.3 is 0 Å². The predicted molar refractivity (Wildman–Crippen MR) is 48.3 cm³/mol. The number of nitrogens with zero attached hydrogens (tertiary/aromatic N) is 1. The van der Waals surface area contributed by atoms with Crippen molar-refractivity contribution in [1.82, 2.24) is 4.90 Å². The van der Waals surface area contributed by atoms with E-state index in [1.807, 2.05) is 0 Å². The van der Waals surface area contributed by atoms with Crippen LogP contribution in [0.3, 0.4) is 0 Å². The van der Waals surface area contributed by atoms with E-state index in [0.29, 0.717) is 18.2 Å². The van der Waals surface area contributed by atoms with Crippen molar-refractivity contribution in [2.45, 2.75) is 6.10 Å². The fourth-order valence-corrected chi connectivity index (χ4v) is 1.45. The van der Waals surface area contributed by atoms with Crippen molar-refractivity contribution in [3.63, 3.8) is 0 Å². The van der Waals surface area contributed by atoms with E-state index in [9.17, 15) is 0 Å². The van der Waals surface area contributed by atoms with Crippen LogP contribution in [-0.4, -0.2) is 49.0 Å². The van der Waals surface area contributed by atoms with Crippen LogP contribution < -0.4 is 0 Å². The van der Waals surface area contributed by atoms with Gasteiger partial charge in [-0.2, -0.15) is 0 Å². The highest BCUT2D eigenvalue weighted by molar-refractivity contribution is 6.29. The summed E-state index contributed by atoms with van der Waals surface area (Å²) in [6.45, 7) is 6.64. The first-order valence-corrected chi connectivity index (χ1v) is 4.38. The summed E-state index contributed by atoms with van der Waals surface area (Å²) in [5, 5.41) is 9.47. The van der Waals surface area contributed by atoms with Crippen LogP contribution in [0.25, 0.3) is 0 Å². The number of ether oxygens (including phenoxy) is 1. The monoisotopic (exact) mass is 191 g/mol. The third-order valence-corrected chi connectivity index (χ3v) is 1.94. The quantitative estimate of drug-likeness (QED) is 0.703. The molecule has 3 nitrogen and oxygen atoms in total. The number of rotatable bonds is 3. The third kappa shape index (κ3) is 3.11. The SMILES string of the molecule is C=C(Cl)CN1CCOC(CO)C1. The summed E-state index contributed by atoms with van der Waals surface area (Å²) in [6.07, 6.45) is -0.0604. The molecule has 1 rings (SSSR count). The minimum Gasteiger partial charge on any atom is -0.394 e. The maximum Gasteiger partial charge on any atom is 0.0933 e. The van der Waals surface area contributed by atoms with Crippen molar-refractivity contribution in [3.05, 3.63) is 11.6 Å². The first kappa shape index (κ1) is 9.99. The second-order valence-electron chi connectivity index (χ2n) is 2.93. The van der Waals surface area contributed by atoms with Gasteiger partial charge in [0.1, 0.15) is 0 Å². The number of morpholine rings is 1. The lowest BCUT2D eigenvalue weighted by Crippen LogP contribution is -2.44. The van der Waals surface area contributed by atoms with Crippen molar-refractivity contribution in [2.75, 3.05) is 32.8 Å². The molecule has 0 aromatic rings. The van der Waals surface area contributed by atoms with Gasteiger partial charge in [-0.3, -0.25) is 4.90 Å². The molecule has 4 heteroatoms. The molecule has 12 heavy (non-hydrogen) atoms. The van der Waals surface area contributed by atoms with Gasteiger partial charge in [0.2, 0.25) is 0 Å². The molecule has 1 saturated heterocycles. The molecular weight excluding hydrogens is 178 g/mol. The first-order chi connectivity index (χ1) is 5.72. The average molecular weight is 192 g/mol. The second-order valence-corrected chi connectivity index (χ2v) is 3.46. The topological polar surface area (TPSA) is 32.7 Å². The maximum atomic E-state index is 8.84. The van der Waals surface area contributed by atoms with E-state index in [0.717, 1.165) is 13.1 Å². The summed E-state index contributed by atoms with van der Waals surface area (Å²) in [7, 11) is 0. The Bertz CT molecular complexity index is 163. The van der Waals surface area contributed by atoms with Crippen LogP contribution in [0.4, 0.5) is 0 Å². The molecule has 0 saturated carbocycles. The molecule has 0 aromatic heterocycles. The number of aliphatic hydroxyl groups excluding tert-OH is 1. The second kappa shape index (κ2) is 4.82. The van der Waals surface area contributed by atoms with Crippen molar-refractivity contribution in [1.29, 1.82) is 0 Å². The normalized spacial score (nSPS) is 25.7. The minimum atomic E-state index is -0.0604. The highest BCUT2D eigenvalue weighted by atomic mass is 35.5. The zero-order chi connectivity index (χ0) is 8.97. The molecule has 1 aliphatic rings. The van der Waals surface area contributed by atoms with Crippen LogP contribution >= 0.6 is 11.6 Å². The van der Waals surface area contributed by atoms with Gasteiger partial charge in [0.15, 0.2) is 0 Å². The van der Waals surface area contributed by atoms with E-state index in [-0.39, 0.29) is 12.7 Å². The van der Waals surface area contributed by atoms with E-state index in [1.54, 1.807) is 0 Å². The Balaban J connectivity index is 2.30. The van der Waals surface area contributed by atoms with Gasteiger partial charge < -0.3 is 9.84 Å². The first-order valence-electron chi connectivity index (χ1n) is 4.00. The maximum absolute atomic E-state index is 8.84. The number of hydrogen-bond acceptors (Lipinski definition) is 3. The molecule has 1 heterocycles. The van der Waals surface area contributed by atoms with Gasteiger partial charge in [-0.05, 0) is 0 Å². The lowest BCUT2D eigenvalue weighted by molar-refractivity contribution is -0.0497. The Morgan fingerprint density at radius 3 is 3.08 bits per heavy atom. The molecule has 1 fully saturated rings. The Kier molecular flexibility index (Phi) is 4.01. The molecule has 0 aromatic carbocycles. The standard InChI is InChI=1S/C8H14ClNO2/c1-7(9)4-10-2-3-12-8(5-10)6-11/h8,11H,1-6H2. The molecule has 1 N–H and O–H groups in total. The van der Waals surface area contributed by atoms with E-state index in [4.69, 9.17) is 21.4 Å². The van der Waals surface area contributed by atoms with Gasteiger partial charge in [-0.25, -0.2) is 0 Å². The van der Waals surface area contributed by atoms with Gasteiger partial charge in [0.05, 0.1) is 19.3 Å². The van der Waals surface area contributed by atoms with Crippen molar-refractivity contribution < 1.29 is 9.84 Å². The van der Waals surface area contributed by atoms with Crippen molar-refractivity contribution in [2.24, 2.45) is 0 Å². The van der Waals surface area contributed by atoms with Crippen LogP contribution in [0, 0.1) is 0 Å². The Labute approximate surface area is 77.6 Å². The molecule has 1 aliphatic heterocycles. The van der Waals surface area contributed by atoms with Crippen molar-refractivity contribution in [3.8, 4) is 0 Å². The molecular formula is C8H14ClNO2.